The Hall–Kier alpha value is -7.82. The second-order valence-electron chi connectivity index (χ2n) is 16.6. The van der Waals surface area contributed by atoms with Gasteiger partial charge in [0.15, 0.2) is 0 Å². The van der Waals surface area contributed by atoms with Gasteiger partial charge in [-0.05, 0) is 113 Å². The van der Waals surface area contributed by atoms with Gasteiger partial charge in [0.25, 0.3) is 0 Å². The fourth-order valence-electron chi connectivity index (χ4n) is 10.1. The number of hydrogen-bond acceptors (Lipinski definition) is 3. The summed E-state index contributed by atoms with van der Waals surface area (Å²) >= 11 is 0. The minimum atomic E-state index is -0.163. The molecule has 0 saturated carbocycles. The van der Waals surface area contributed by atoms with Crippen molar-refractivity contribution in [3.8, 4) is 22.3 Å². The third-order valence-corrected chi connectivity index (χ3v) is 12.9. The lowest BCUT2D eigenvalue weighted by Crippen LogP contribution is -2.16. The summed E-state index contributed by atoms with van der Waals surface area (Å²) in [5.41, 5.74) is 17.1. The molecule has 11 aromatic rings. The summed E-state index contributed by atoms with van der Waals surface area (Å²) in [6.07, 6.45) is 5.71. The number of rotatable bonds is 7. The predicted molar refractivity (Wildman–Crippen MR) is 256 cm³/mol. The molecule has 3 heterocycles. The van der Waals surface area contributed by atoms with Crippen LogP contribution in [0.1, 0.15) is 25.0 Å². The van der Waals surface area contributed by atoms with Gasteiger partial charge in [-0.15, -0.1) is 0 Å². The molecule has 0 fully saturated rings. The van der Waals surface area contributed by atoms with Crippen molar-refractivity contribution in [1.29, 1.82) is 0 Å². The van der Waals surface area contributed by atoms with Gasteiger partial charge in [0.05, 0.1) is 27.8 Å². The summed E-state index contributed by atoms with van der Waals surface area (Å²) in [4.78, 5) is 2.44. The molecule has 3 aromatic heterocycles. The molecule has 1 aliphatic carbocycles. The van der Waals surface area contributed by atoms with Crippen molar-refractivity contribution in [1.82, 2.24) is 4.57 Å². The van der Waals surface area contributed by atoms with Crippen LogP contribution in [0, 0.1) is 0 Å². The molecule has 0 aliphatic heterocycles. The molecule has 61 heavy (non-hydrogen) atoms. The first-order valence-electron chi connectivity index (χ1n) is 20.8. The van der Waals surface area contributed by atoms with E-state index in [1.54, 1.807) is 0 Å². The van der Waals surface area contributed by atoms with Gasteiger partial charge < -0.3 is 18.3 Å². The van der Waals surface area contributed by atoms with E-state index in [9.17, 15) is 0 Å². The SMILES string of the molecule is C=C/C=C(\C=C)n1c2ccccc2c2cc(-c3ccc4oc5cccc(N(c6ccc7oc8ccccc8c7c6)c6cccc7c6-c6ccccc6C7(C)C)c5c4c3)ccc21. The van der Waals surface area contributed by atoms with E-state index >= 15 is 0 Å². The monoisotopic (exact) mass is 784 g/mol. The number of hydrogen-bond donors (Lipinski definition) is 0. The number of aromatic nitrogens is 1. The van der Waals surface area contributed by atoms with Crippen LogP contribution >= 0.6 is 0 Å². The third-order valence-electron chi connectivity index (χ3n) is 12.9. The molecular formula is C57H40N2O2. The number of benzene rings is 8. The standard InChI is InChI=1S/C57H40N2O2/c1-5-15-37(6-2)58-47-21-11-8-16-39(47)42-32-35(26-29-48(42)58)36-27-30-53-44(33-36)56-50(23-14-25-54(56)61-53)59(38-28-31-52-43(34-38)40-17-9-12-24-51(40)60-52)49-22-13-20-46-55(49)41-18-7-10-19-45(41)57(46,3)4/h5-34H,1-2H2,3-4H3/b37-15+. The minimum Gasteiger partial charge on any atom is -0.456 e. The maximum Gasteiger partial charge on any atom is 0.137 e. The van der Waals surface area contributed by atoms with Crippen LogP contribution in [0.5, 0.6) is 0 Å². The first-order chi connectivity index (χ1) is 29.9. The van der Waals surface area contributed by atoms with E-state index in [1.165, 1.54) is 33.0 Å². The van der Waals surface area contributed by atoms with Crippen molar-refractivity contribution in [3.63, 3.8) is 0 Å². The Balaban J connectivity index is 1.11. The number of nitrogens with zero attached hydrogens (tertiary/aromatic N) is 2. The zero-order valence-electron chi connectivity index (χ0n) is 33.9. The highest BCUT2D eigenvalue weighted by atomic mass is 16.3. The van der Waals surface area contributed by atoms with Crippen molar-refractivity contribution in [2.24, 2.45) is 0 Å². The molecule has 0 atom stereocenters. The molecule has 0 bridgehead atoms. The maximum atomic E-state index is 6.73. The highest BCUT2D eigenvalue weighted by Crippen LogP contribution is 2.55. The zero-order valence-corrected chi connectivity index (χ0v) is 33.9. The Morgan fingerprint density at radius 3 is 2.05 bits per heavy atom. The largest absolute Gasteiger partial charge is 0.456 e. The van der Waals surface area contributed by atoms with Crippen molar-refractivity contribution in [2.75, 3.05) is 4.90 Å². The predicted octanol–water partition coefficient (Wildman–Crippen LogP) is 16.2. The molecule has 12 rings (SSSR count). The summed E-state index contributed by atoms with van der Waals surface area (Å²) in [6, 6.07) is 58.9. The Labute approximate surface area is 353 Å². The van der Waals surface area contributed by atoms with Gasteiger partial charge in [0.1, 0.15) is 22.3 Å². The van der Waals surface area contributed by atoms with E-state index in [2.05, 4.69) is 188 Å². The van der Waals surface area contributed by atoms with Crippen LogP contribution in [-0.4, -0.2) is 4.57 Å². The van der Waals surface area contributed by atoms with Crippen molar-refractivity contribution in [2.45, 2.75) is 19.3 Å². The molecule has 0 saturated heterocycles. The molecule has 1 aliphatic rings. The van der Waals surface area contributed by atoms with Gasteiger partial charge in [-0.3, -0.25) is 0 Å². The molecule has 0 amide bonds. The first kappa shape index (κ1) is 35.2. The number of fused-ring (bicyclic) bond motifs is 12. The van der Waals surface area contributed by atoms with Gasteiger partial charge >= 0.3 is 0 Å². The second kappa shape index (κ2) is 13.1. The van der Waals surface area contributed by atoms with Crippen molar-refractivity contribution < 1.29 is 8.83 Å². The van der Waals surface area contributed by atoms with E-state index < -0.39 is 0 Å². The molecule has 4 nitrogen and oxygen atoms in total. The number of furan rings is 2. The molecule has 0 N–H and O–H groups in total. The minimum absolute atomic E-state index is 0.163. The van der Waals surface area contributed by atoms with Gasteiger partial charge in [-0.2, -0.15) is 0 Å². The van der Waals surface area contributed by atoms with Gasteiger partial charge in [-0.25, -0.2) is 0 Å². The van der Waals surface area contributed by atoms with E-state index in [4.69, 9.17) is 8.83 Å². The topological polar surface area (TPSA) is 34.5 Å². The molecule has 4 heteroatoms. The molecule has 0 spiro atoms. The summed E-state index contributed by atoms with van der Waals surface area (Å²) < 4.78 is 15.3. The second-order valence-corrected chi connectivity index (χ2v) is 16.6. The fraction of sp³-hybridized carbons (Fsp3) is 0.0526. The zero-order chi connectivity index (χ0) is 41.0. The number of allylic oxidation sites excluding steroid dienone is 4. The van der Waals surface area contributed by atoms with Crippen LogP contribution in [0.15, 0.2) is 204 Å². The van der Waals surface area contributed by atoms with Gasteiger partial charge in [-0.1, -0.05) is 124 Å². The number of para-hydroxylation sites is 2. The van der Waals surface area contributed by atoms with E-state index in [1.807, 2.05) is 30.4 Å². The van der Waals surface area contributed by atoms with Crippen LogP contribution in [0.2, 0.25) is 0 Å². The van der Waals surface area contributed by atoms with Crippen LogP contribution in [0.3, 0.4) is 0 Å². The lowest BCUT2D eigenvalue weighted by atomic mass is 9.82. The Bertz CT molecular complexity index is 3680. The van der Waals surface area contributed by atoms with Gasteiger partial charge in [0.2, 0.25) is 0 Å². The Kier molecular flexibility index (Phi) is 7.54. The lowest BCUT2D eigenvalue weighted by Gasteiger charge is -2.29. The summed E-state index contributed by atoms with van der Waals surface area (Å²) in [5.74, 6) is 0. The maximum absolute atomic E-state index is 6.73. The van der Waals surface area contributed by atoms with Crippen molar-refractivity contribution in [3.05, 3.63) is 206 Å². The Morgan fingerprint density at radius 1 is 0.541 bits per heavy atom. The normalized spacial score (nSPS) is 13.4. The molecule has 8 aromatic carbocycles. The highest BCUT2D eigenvalue weighted by Gasteiger charge is 2.38. The van der Waals surface area contributed by atoms with Crippen LogP contribution in [0.25, 0.3) is 93.6 Å². The van der Waals surface area contributed by atoms with Crippen LogP contribution < -0.4 is 4.90 Å². The lowest BCUT2D eigenvalue weighted by molar-refractivity contribution is 0.660. The fourth-order valence-corrected chi connectivity index (χ4v) is 10.1. The summed E-state index contributed by atoms with van der Waals surface area (Å²) in [6.45, 7) is 12.8. The molecule has 290 valence electrons. The molecule has 0 unspecified atom stereocenters. The summed E-state index contributed by atoms with van der Waals surface area (Å²) in [5, 5.41) is 6.65. The van der Waals surface area contributed by atoms with E-state index in [0.717, 1.165) is 88.8 Å². The Morgan fingerprint density at radius 2 is 1.18 bits per heavy atom. The van der Waals surface area contributed by atoms with Crippen molar-refractivity contribution >= 4 is 88.4 Å². The average Bonchev–Trinajstić information content (AvgIpc) is 4.02. The highest BCUT2D eigenvalue weighted by molar-refractivity contribution is 6.16. The molecular weight excluding hydrogens is 745 g/mol. The quantitative estimate of drug-likeness (QED) is 0.151. The molecule has 0 radical (unpaired) electrons. The van der Waals surface area contributed by atoms with E-state index in [0.29, 0.717) is 0 Å². The van der Waals surface area contributed by atoms with E-state index in [-0.39, 0.29) is 5.41 Å². The van der Waals surface area contributed by atoms with Crippen LogP contribution in [-0.2, 0) is 5.41 Å². The summed E-state index contributed by atoms with van der Waals surface area (Å²) in [7, 11) is 0. The van der Waals surface area contributed by atoms with Crippen LogP contribution in [0.4, 0.5) is 17.1 Å². The first-order valence-corrected chi connectivity index (χ1v) is 20.8. The van der Waals surface area contributed by atoms with Gasteiger partial charge in [0, 0.05) is 49.3 Å². The number of anilines is 3. The average molecular weight is 785 g/mol. The third kappa shape index (κ3) is 5.06. The smallest absolute Gasteiger partial charge is 0.137 e.